The number of halogens is 4. The highest BCUT2D eigenvalue weighted by molar-refractivity contribution is 6.31. The molecular weight excluding hydrogens is 559 g/mol. The van der Waals surface area contributed by atoms with Gasteiger partial charge in [-0.3, -0.25) is 24.2 Å². The van der Waals surface area contributed by atoms with Crippen LogP contribution in [0.3, 0.4) is 0 Å². The molecule has 2 heterocycles. The van der Waals surface area contributed by atoms with Gasteiger partial charge in [0.05, 0.1) is 0 Å². The summed E-state index contributed by atoms with van der Waals surface area (Å²) in [7, 11) is 0. The van der Waals surface area contributed by atoms with E-state index < -0.39 is 41.7 Å². The van der Waals surface area contributed by atoms with Crippen LogP contribution in [0.2, 0.25) is 5.02 Å². The van der Waals surface area contributed by atoms with Crippen LogP contribution in [-0.2, 0) is 14.4 Å². The number of nitrogens with one attached hydrogen (secondary N) is 1. The molecule has 0 radical (unpaired) electrons. The number of benzene rings is 2. The maximum atomic E-state index is 14.5. The van der Waals surface area contributed by atoms with E-state index in [1.165, 1.54) is 35.5 Å². The summed E-state index contributed by atoms with van der Waals surface area (Å²) in [5, 5.41) is 2.99. The maximum Gasteiger partial charge on any atom is 0.251 e. The minimum absolute atomic E-state index is 0.0226. The summed E-state index contributed by atoms with van der Waals surface area (Å²) in [5.41, 5.74) is 0.302. The van der Waals surface area contributed by atoms with Crippen molar-refractivity contribution in [3.63, 3.8) is 0 Å². The highest BCUT2D eigenvalue weighted by Gasteiger charge is 2.45. The molecule has 0 spiro atoms. The van der Waals surface area contributed by atoms with Gasteiger partial charge in [0.25, 0.3) is 5.91 Å². The van der Waals surface area contributed by atoms with Crippen LogP contribution in [0.1, 0.15) is 50.1 Å². The summed E-state index contributed by atoms with van der Waals surface area (Å²) in [6.45, 7) is 0. The third kappa shape index (κ3) is 6.19. The predicted molar refractivity (Wildman–Crippen MR) is 146 cm³/mol. The van der Waals surface area contributed by atoms with Crippen molar-refractivity contribution in [3.05, 3.63) is 83.4 Å². The molecule has 12 heteroatoms. The van der Waals surface area contributed by atoms with Gasteiger partial charge in [0.15, 0.2) is 0 Å². The lowest BCUT2D eigenvalue weighted by molar-refractivity contribution is -0.128. The van der Waals surface area contributed by atoms with Crippen molar-refractivity contribution in [3.8, 4) is 0 Å². The molecule has 1 aliphatic heterocycles. The molecule has 2 aromatic carbocycles. The minimum atomic E-state index is -2.80. The summed E-state index contributed by atoms with van der Waals surface area (Å²) in [6.07, 6.45) is 2.37. The van der Waals surface area contributed by atoms with Crippen LogP contribution in [0.4, 0.5) is 24.8 Å². The number of hydrogen-bond donors (Lipinski definition) is 1. The van der Waals surface area contributed by atoms with Crippen molar-refractivity contribution in [1.82, 2.24) is 15.3 Å². The molecule has 1 saturated carbocycles. The molecule has 5 rings (SSSR count). The number of nitrogens with zero attached hydrogens (tertiary/aromatic N) is 4. The summed E-state index contributed by atoms with van der Waals surface area (Å²) >= 11 is 6.54. The first-order chi connectivity index (χ1) is 19.6. The zero-order valence-corrected chi connectivity index (χ0v) is 22.6. The van der Waals surface area contributed by atoms with Gasteiger partial charge in [0.1, 0.15) is 17.9 Å². The number of hydrogen-bond acceptors (Lipinski definition) is 5. The van der Waals surface area contributed by atoms with E-state index in [1.807, 2.05) is 0 Å². The third-order valence-electron chi connectivity index (χ3n) is 7.36. The second-order valence-electron chi connectivity index (χ2n) is 10.1. The van der Waals surface area contributed by atoms with Crippen LogP contribution in [-0.4, -0.2) is 45.7 Å². The Balaban J connectivity index is 1.58. The summed E-state index contributed by atoms with van der Waals surface area (Å²) < 4.78 is 42.2. The van der Waals surface area contributed by atoms with Gasteiger partial charge in [0.2, 0.25) is 23.7 Å². The molecule has 2 aliphatic rings. The molecule has 1 saturated heterocycles. The monoisotopic (exact) mass is 585 g/mol. The van der Waals surface area contributed by atoms with Crippen molar-refractivity contribution in [2.75, 3.05) is 9.80 Å². The van der Waals surface area contributed by atoms with Crippen LogP contribution in [0.5, 0.6) is 0 Å². The Labute approximate surface area is 239 Å². The number of anilines is 2. The van der Waals surface area contributed by atoms with Gasteiger partial charge in [0, 0.05) is 54.0 Å². The van der Waals surface area contributed by atoms with Crippen LogP contribution in [0, 0.1) is 5.82 Å². The highest BCUT2D eigenvalue weighted by atomic mass is 35.5. The lowest BCUT2D eigenvalue weighted by Crippen LogP contribution is -2.53. The molecule has 3 amide bonds. The summed E-state index contributed by atoms with van der Waals surface area (Å²) in [5.74, 6) is -5.16. The molecule has 41 heavy (non-hydrogen) atoms. The Bertz CT molecular complexity index is 1430. The zero-order chi connectivity index (χ0) is 29.1. The van der Waals surface area contributed by atoms with E-state index >= 15 is 0 Å². The maximum absolute atomic E-state index is 14.5. The molecule has 2 unspecified atom stereocenters. The van der Waals surface area contributed by atoms with E-state index in [0.29, 0.717) is 0 Å². The molecule has 2 fully saturated rings. The Morgan fingerprint density at radius 2 is 1.73 bits per heavy atom. The number of carbonyl (C=O) groups is 3. The molecule has 0 bridgehead atoms. The first-order valence-corrected chi connectivity index (χ1v) is 13.6. The predicted octanol–water partition coefficient (Wildman–Crippen LogP) is 5.23. The van der Waals surface area contributed by atoms with Gasteiger partial charge in [-0.05, 0) is 49.6 Å². The molecule has 2 atom stereocenters. The number of alkyl halides is 2. The van der Waals surface area contributed by atoms with Crippen LogP contribution < -0.4 is 15.1 Å². The minimum Gasteiger partial charge on any atom is -0.351 e. The van der Waals surface area contributed by atoms with Gasteiger partial charge in [-0.2, -0.15) is 0 Å². The quantitative estimate of drug-likeness (QED) is 0.410. The summed E-state index contributed by atoms with van der Waals surface area (Å²) in [6, 6.07) is 10.1. The van der Waals surface area contributed by atoms with Gasteiger partial charge >= 0.3 is 0 Å². The molecular formula is C29H27ClF3N5O3. The van der Waals surface area contributed by atoms with Crippen LogP contribution >= 0.6 is 11.6 Å². The third-order valence-corrected chi connectivity index (χ3v) is 7.70. The van der Waals surface area contributed by atoms with Crippen molar-refractivity contribution < 1.29 is 27.6 Å². The van der Waals surface area contributed by atoms with E-state index in [1.54, 1.807) is 30.3 Å². The average molecular weight is 586 g/mol. The first kappa shape index (κ1) is 28.5. The van der Waals surface area contributed by atoms with Gasteiger partial charge in [-0.15, -0.1) is 0 Å². The molecule has 1 aliphatic carbocycles. The first-order valence-electron chi connectivity index (χ1n) is 13.2. The molecule has 1 aromatic heterocycles. The van der Waals surface area contributed by atoms with E-state index in [2.05, 4.69) is 15.3 Å². The zero-order valence-electron chi connectivity index (χ0n) is 21.9. The molecule has 3 aromatic rings. The van der Waals surface area contributed by atoms with E-state index in [-0.39, 0.29) is 66.7 Å². The Hall–Kier alpha value is -3.99. The van der Waals surface area contributed by atoms with Crippen molar-refractivity contribution in [2.45, 2.75) is 62.6 Å². The highest BCUT2D eigenvalue weighted by Crippen LogP contribution is 2.37. The Kier molecular flexibility index (Phi) is 8.25. The second kappa shape index (κ2) is 11.9. The number of amides is 3. The van der Waals surface area contributed by atoms with Crippen molar-refractivity contribution in [1.29, 1.82) is 0 Å². The number of carbonyl (C=O) groups excluding carboxylic acids is 3. The molecule has 1 N–H and O–H groups in total. The summed E-state index contributed by atoms with van der Waals surface area (Å²) in [4.78, 5) is 51.9. The topological polar surface area (TPSA) is 95.5 Å². The van der Waals surface area contributed by atoms with Crippen LogP contribution in [0.25, 0.3) is 0 Å². The standard InChI is InChI=1S/C29H27ClF3N5O3/c30-22-8-2-1-7-21(22)25(26(40)36-19-11-13-29(32,33)14-12-19)37(20-6-3-5-18(31)17-20)27(41)23-9-10-24(39)38(23)28-34-15-4-16-35-28/h1-8,15-17,19,23,25H,9-14H2,(H,36,40). The second-order valence-corrected chi connectivity index (χ2v) is 10.5. The SMILES string of the molecule is O=C(NC1CCC(F)(F)CC1)C(c1ccccc1Cl)N(C(=O)C1CCC(=O)N1c1ncccn1)c1cccc(F)c1. The van der Waals surface area contributed by atoms with E-state index in [4.69, 9.17) is 11.6 Å². The fraction of sp³-hybridized carbons (Fsp3) is 0.345. The largest absolute Gasteiger partial charge is 0.351 e. The van der Waals surface area contributed by atoms with Gasteiger partial charge in [-0.25, -0.2) is 23.1 Å². The van der Waals surface area contributed by atoms with Crippen molar-refractivity contribution >= 4 is 41.0 Å². The van der Waals surface area contributed by atoms with E-state index in [9.17, 15) is 27.6 Å². The van der Waals surface area contributed by atoms with E-state index in [0.717, 1.165) is 11.0 Å². The fourth-order valence-corrected chi connectivity index (χ4v) is 5.57. The van der Waals surface area contributed by atoms with Gasteiger partial charge < -0.3 is 5.32 Å². The van der Waals surface area contributed by atoms with Crippen LogP contribution in [0.15, 0.2) is 67.0 Å². The molecule has 214 valence electrons. The molecule has 8 nitrogen and oxygen atoms in total. The smallest absolute Gasteiger partial charge is 0.251 e. The normalized spacial score (nSPS) is 19.6. The fourth-order valence-electron chi connectivity index (χ4n) is 5.33. The van der Waals surface area contributed by atoms with Crippen molar-refractivity contribution in [2.24, 2.45) is 0 Å². The lowest BCUT2D eigenvalue weighted by Gasteiger charge is -2.36. The number of aromatic nitrogens is 2. The Morgan fingerprint density at radius 3 is 2.41 bits per heavy atom. The number of rotatable bonds is 7. The Morgan fingerprint density at radius 1 is 1.02 bits per heavy atom. The lowest BCUT2D eigenvalue weighted by atomic mass is 9.91. The average Bonchev–Trinajstić information content (AvgIpc) is 3.34. The van der Waals surface area contributed by atoms with Gasteiger partial charge in [-0.1, -0.05) is 35.9 Å².